The maximum absolute atomic E-state index is 11.0. The van der Waals surface area contributed by atoms with Crippen molar-refractivity contribution < 1.29 is 14.7 Å². The Morgan fingerprint density at radius 1 is 1.37 bits per heavy atom. The van der Waals surface area contributed by atoms with Gasteiger partial charge in [-0.25, -0.2) is 4.79 Å². The van der Waals surface area contributed by atoms with Crippen molar-refractivity contribution in [2.24, 2.45) is 5.92 Å². The van der Waals surface area contributed by atoms with Crippen LogP contribution in [0.4, 0.5) is 0 Å². The van der Waals surface area contributed by atoms with Crippen LogP contribution >= 0.6 is 0 Å². The van der Waals surface area contributed by atoms with Gasteiger partial charge in [0.1, 0.15) is 5.70 Å². The predicted molar refractivity (Wildman–Crippen MR) is 74.4 cm³/mol. The van der Waals surface area contributed by atoms with Gasteiger partial charge in [-0.15, -0.1) is 0 Å². The molecule has 0 saturated carbocycles. The largest absolute Gasteiger partial charge is 0.477 e. The second-order valence-corrected chi connectivity index (χ2v) is 4.89. The van der Waals surface area contributed by atoms with Gasteiger partial charge in [-0.05, 0) is 29.5 Å². The van der Waals surface area contributed by atoms with Crippen LogP contribution in [0.1, 0.15) is 31.9 Å². The second-order valence-electron chi connectivity index (χ2n) is 4.89. The average Bonchev–Trinajstić information content (AvgIpc) is 2.26. The Labute approximate surface area is 113 Å². The Hall–Kier alpha value is -2.10. The Bertz CT molecular complexity index is 504. The summed E-state index contributed by atoms with van der Waals surface area (Å²) >= 11 is 0. The molecule has 0 saturated heterocycles. The molecule has 0 aliphatic rings. The van der Waals surface area contributed by atoms with Crippen LogP contribution in [0.15, 0.2) is 30.0 Å². The maximum atomic E-state index is 11.0. The van der Waals surface area contributed by atoms with E-state index in [9.17, 15) is 9.59 Å². The van der Waals surface area contributed by atoms with Crippen LogP contribution in [0.5, 0.6) is 0 Å². The van der Waals surface area contributed by atoms with Gasteiger partial charge < -0.3 is 10.4 Å². The second kappa shape index (κ2) is 6.73. The third-order valence-corrected chi connectivity index (χ3v) is 2.45. The molecule has 1 aromatic carbocycles. The molecule has 2 N–H and O–H groups in total. The molecule has 0 radical (unpaired) electrons. The molecule has 1 aromatic rings. The predicted octanol–water partition coefficient (Wildman–Crippen LogP) is 2.45. The monoisotopic (exact) mass is 261 g/mol. The highest BCUT2D eigenvalue weighted by atomic mass is 16.4. The van der Waals surface area contributed by atoms with E-state index in [-0.39, 0.29) is 5.70 Å². The number of carboxylic acid groups (broad SMARTS) is 1. The van der Waals surface area contributed by atoms with Gasteiger partial charge in [-0.2, -0.15) is 0 Å². The molecule has 19 heavy (non-hydrogen) atoms. The van der Waals surface area contributed by atoms with E-state index >= 15 is 0 Å². The van der Waals surface area contributed by atoms with Crippen molar-refractivity contribution in [2.45, 2.75) is 27.2 Å². The van der Waals surface area contributed by atoms with E-state index < -0.39 is 11.9 Å². The minimum Gasteiger partial charge on any atom is -0.477 e. The molecule has 0 unspecified atom stereocenters. The van der Waals surface area contributed by atoms with Crippen LogP contribution in [0.3, 0.4) is 0 Å². The first-order chi connectivity index (χ1) is 8.88. The van der Waals surface area contributed by atoms with Crippen molar-refractivity contribution in [3.8, 4) is 0 Å². The van der Waals surface area contributed by atoms with Gasteiger partial charge in [0, 0.05) is 6.92 Å². The number of amides is 1. The first-order valence-corrected chi connectivity index (χ1v) is 6.20. The lowest BCUT2D eigenvalue weighted by Gasteiger charge is -2.07. The molecule has 0 aliphatic carbocycles. The molecule has 0 aromatic heterocycles. The van der Waals surface area contributed by atoms with Gasteiger partial charge >= 0.3 is 5.97 Å². The SMILES string of the molecule is CC(=O)N/C(=C/c1cccc(CC(C)C)c1)C(=O)O. The highest BCUT2D eigenvalue weighted by Crippen LogP contribution is 2.13. The van der Waals surface area contributed by atoms with Gasteiger partial charge in [-0.3, -0.25) is 4.79 Å². The molecule has 4 heteroatoms. The molecule has 1 amide bonds. The Kier molecular flexibility index (Phi) is 5.30. The lowest BCUT2D eigenvalue weighted by atomic mass is 10.0. The summed E-state index contributed by atoms with van der Waals surface area (Å²) in [6, 6.07) is 7.65. The Morgan fingerprint density at radius 3 is 2.58 bits per heavy atom. The quantitative estimate of drug-likeness (QED) is 0.800. The number of aliphatic carboxylic acids is 1. The third-order valence-electron chi connectivity index (χ3n) is 2.45. The number of rotatable bonds is 5. The van der Waals surface area contributed by atoms with Crippen molar-refractivity contribution in [1.29, 1.82) is 0 Å². The molecular formula is C15H19NO3. The minimum atomic E-state index is -1.15. The van der Waals surface area contributed by atoms with Crippen LogP contribution in [0, 0.1) is 5.92 Å². The number of nitrogens with one attached hydrogen (secondary N) is 1. The van der Waals surface area contributed by atoms with Gasteiger partial charge in [0.05, 0.1) is 0 Å². The van der Waals surface area contributed by atoms with Crippen LogP contribution in [-0.4, -0.2) is 17.0 Å². The molecule has 0 heterocycles. The van der Waals surface area contributed by atoms with Crippen LogP contribution in [0.25, 0.3) is 6.08 Å². The van der Waals surface area contributed by atoms with E-state index in [4.69, 9.17) is 5.11 Å². The standard InChI is InChI=1S/C15H19NO3/c1-10(2)7-12-5-4-6-13(8-12)9-14(15(18)19)16-11(3)17/h4-6,8-10H,7H2,1-3H3,(H,16,17)(H,18,19)/b14-9+. The fourth-order valence-electron chi connectivity index (χ4n) is 1.79. The lowest BCUT2D eigenvalue weighted by molar-refractivity contribution is -0.134. The Morgan fingerprint density at radius 2 is 2.05 bits per heavy atom. The molecule has 0 atom stereocenters. The molecule has 1 rings (SSSR count). The van der Waals surface area contributed by atoms with E-state index in [2.05, 4.69) is 19.2 Å². The number of benzene rings is 1. The van der Waals surface area contributed by atoms with Crippen molar-refractivity contribution in [3.05, 3.63) is 41.1 Å². The first kappa shape index (κ1) is 15.0. The molecule has 0 spiro atoms. The van der Waals surface area contributed by atoms with E-state index in [1.54, 1.807) is 0 Å². The van der Waals surface area contributed by atoms with Gasteiger partial charge in [0.2, 0.25) is 5.91 Å². The van der Waals surface area contributed by atoms with Gasteiger partial charge in [-0.1, -0.05) is 38.1 Å². The molecule has 0 aliphatic heterocycles. The van der Waals surface area contributed by atoms with Crippen LogP contribution in [0.2, 0.25) is 0 Å². The van der Waals surface area contributed by atoms with E-state index in [1.807, 2.05) is 24.3 Å². The van der Waals surface area contributed by atoms with Crippen molar-refractivity contribution in [2.75, 3.05) is 0 Å². The van der Waals surface area contributed by atoms with Gasteiger partial charge in [0.25, 0.3) is 0 Å². The minimum absolute atomic E-state index is 0.116. The summed E-state index contributed by atoms with van der Waals surface area (Å²) in [6.07, 6.45) is 2.40. The maximum Gasteiger partial charge on any atom is 0.352 e. The molecule has 4 nitrogen and oxygen atoms in total. The number of hydrogen-bond donors (Lipinski definition) is 2. The summed E-state index contributed by atoms with van der Waals surface area (Å²) in [5.74, 6) is -1.01. The summed E-state index contributed by atoms with van der Waals surface area (Å²) in [5.41, 5.74) is 1.80. The molecular weight excluding hydrogens is 242 g/mol. The smallest absolute Gasteiger partial charge is 0.352 e. The van der Waals surface area contributed by atoms with E-state index in [0.29, 0.717) is 5.92 Å². The molecule has 0 bridgehead atoms. The van der Waals surface area contributed by atoms with Crippen LogP contribution < -0.4 is 5.32 Å². The van der Waals surface area contributed by atoms with Crippen molar-refractivity contribution in [3.63, 3.8) is 0 Å². The number of hydrogen-bond acceptors (Lipinski definition) is 2. The highest BCUT2D eigenvalue weighted by molar-refractivity contribution is 5.96. The molecule has 0 fully saturated rings. The molecule has 102 valence electrons. The summed E-state index contributed by atoms with van der Waals surface area (Å²) < 4.78 is 0. The highest BCUT2D eigenvalue weighted by Gasteiger charge is 2.09. The summed E-state index contributed by atoms with van der Waals surface area (Å²) in [5, 5.41) is 11.3. The van der Waals surface area contributed by atoms with E-state index in [0.717, 1.165) is 17.5 Å². The third kappa shape index (κ3) is 5.38. The Balaban J connectivity index is 3.00. The number of carbonyl (C=O) groups is 2. The zero-order valence-corrected chi connectivity index (χ0v) is 11.4. The fourth-order valence-corrected chi connectivity index (χ4v) is 1.79. The summed E-state index contributed by atoms with van der Waals surface area (Å²) in [6.45, 7) is 5.54. The average molecular weight is 261 g/mol. The van der Waals surface area contributed by atoms with E-state index in [1.165, 1.54) is 13.0 Å². The van der Waals surface area contributed by atoms with Crippen LogP contribution in [-0.2, 0) is 16.0 Å². The van der Waals surface area contributed by atoms with Crippen molar-refractivity contribution >= 4 is 18.0 Å². The number of carbonyl (C=O) groups excluding carboxylic acids is 1. The fraction of sp³-hybridized carbons (Fsp3) is 0.333. The summed E-state index contributed by atoms with van der Waals surface area (Å²) in [4.78, 5) is 22.0. The first-order valence-electron chi connectivity index (χ1n) is 6.20. The van der Waals surface area contributed by atoms with Crippen molar-refractivity contribution in [1.82, 2.24) is 5.32 Å². The lowest BCUT2D eigenvalue weighted by Crippen LogP contribution is -2.24. The normalized spacial score (nSPS) is 11.5. The number of carboxylic acids is 1. The van der Waals surface area contributed by atoms with Gasteiger partial charge in [0.15, 0.2) is 0 Å². The topological polar surface area (TPSA) is 66.4 Å². The zero-order valence-electron chi connectivity index (χ0n) is 11.4. The zero-order chi connectivity index (χ0) is 14.4. The summed E-state index contributed by atoms with van der Waals surface area (Å²) in [7, 11) is 0.